The zero-order chi connectivity index (χ0) is 14.7. The fourth-order valence-corrected chi connectivity index (χ4v) is 2.95. The Morgan fingerprint density at radius 1 is 1.05 bits per heavy atom. The summed E-state index contributed by atoms with van der Waals surface area (Å²) in [5, 5.41) is 0. The van der Waals surface area contributed by atoms with Crippen molar-refractivity contribution in [3.05, 3.63) is 41.0 Å². The number of piperidine rings is 1. The van der Waals surface area contributed by atoms with E-state index in [-0.39, 0.29) is 5.91 Å². The molecule has 112 valence electrons. The fraction of sp³-hybridized carbons (Fsp3) is 0.500. The van der Waals surface area contributed by atoms with Gasteiger partial charge in [-0.1, -0.05) is 23.3 Å². The molecule has 1 saturated carbocycles. The van der Waals surface area contributed by atoms with Gasteiger partial charge in [-0.2, -0.15) is 0 Å². The van der Waals surface area contributed by atoms with Crippen molar-refractivity contribution < 1.29 is 9.53 Å². The largest absolute Gasteiger partial charge is 0.494 e. The van der Waals surface area contributed by atoms with Crippen molar-refractivity contribution in [2.75, 3.05) is 19.7 Å². The zero-order valence-electron chi connectivity index (χ0n) is 12.7. The third-order valence-electron chi connectivity index (χ3n) is 4.31. The van der Waals surface area contributed by atoms with E-state index in [0.29, 0.717) is 13.0 Å². The highest BCUT2D eigenvalue weighted by molar-refractivity contribution is 5.79. The molecule has 0 atom stereocenters. The Labute approximate surface area is 126 Å². The first-order valence-corrected chi connectivity index (χ1v) is 7.95. The number of hydrogen-bond acceptors (Lipinski definition) is 2. The Balaban J connectivity index is 1.52. The summed E-state index contributed by atoms with van der Waals surface area (Å²) in [5.41, 5.74) is 4.35. The molecule has 2 fully saturated rings. The van der Waals surface area contributed by atoms with Gasteiger partial charge < -0.3 is 9.64 Å². The van der Waals surface area contributed by atoms with Crippen LogP contribution < -0.4 is 4.74 Å². The van der Waals surface area contributed by atoms with Gasteiger partial charge in [0.05, 0.1) is 13.0 Å². The van der Waals surface area contributed by atoms with Crippen LogP contribution in [0, 0.1) is 0 Å². The molecule has 0 bridgehead atoms. The second-order valence-corrected chi connectivity index (χ2v) is 5.84. The van der Waals surface area contributed by atoms with Crippen LogP contribution >= 0.6 is 0 Å². The van der Waals surface area contributed by atoms with Gasteiger partial charge in [0.25, 0.3) is 0 Å². The van der Waals surface area contributed by atoms with Gasteiger partial charge in [0.15, 0.2) is 0 Å². The second-order valence-electron chi connectivity index (χ2n) is 5.84. The van der Waals surface area contributed by atoms with E-state index < -0.39 is 0 Å². The van der Waals surface area contributed by atoms with Crippen LogP contribution in [-0.2, 0) is 11.2 Å². The molecule has 3 heteroatoms. The highest BCUT2D eigenvalue weighted by Gasteiger charge is 2.24. The molecule has 0 unspecified atom stereocenters. The van der Waals surface area contributed by atoms with Crippen LogP contribution in [0.5, 0.6) is 5.75 Å². The maximum absolute atomic E-state index is 12.3. The second kappa shape index (κ2) is 6.33. The predicted octanol–water partition coefficient (Wildman–Crippen LogP) is 3.34. The quantitative estimate of drug-likeness (QED) is 0.794. The van der Waals surface area contributed by atoms with E-state index in [1.165, 1.54) is 12.8 Å². The van der Waals surface area contributed by atoms with Gasteiger partial charge in [-0.15, -0.1) is 0 Å². The summed E-state index contributed by atoms with van der Waals surface area (Å²) in [6.07, 6.45) is 5.28. The van der Waals surface area contributed by atoms with Crippen molar-refractivity contribution in [3.63, 3.8) is 0 Å². The van der Waals surface area contributed by atoms with Crippen molar-refractivity contribution in [2.45, 2.75) is 39.0 Å². The molecule has 2 aliphatic rings. The molecule has 21 heavy (non-hydrogen) atoms. The number of ether oxygens (including phenoxy) is 1. The number of hydrogen-bond donors (Lipinski definition) is 0. The minimum absolute atomic E-state index is 0.249. The van der Waals surface area contributed by atoms with Crippen LogP contribution in [0.3, 0.4) is 0 Å². The summed E-state index contributed by atoms with van der Waals surface area (Å²) in [7, 11) is 0. The zero-order valence-corrected chi connectivity index (χ0v) is 12.7. The number of likely N-dealkylation sites (tertiary alicyclic amines) is 1. The maximum Gasteiger partial charge on any atom is 0.227 e. The Morgan fingerprint density at radius 3 is 2.24 bits per heavy atom. The van der Waals surface area contributed by atoms with Crippen LogP contribution in [0.1, 0.15) is 38.2 Å². The molecule has 0 N–H and O–H groups in total. The van der Waals surface area contributed by atoms with Gasteiger partial charge in [-0.25, -0.2) is 0 Å². The topological polar surface area (TPSA) is 29.5 Å². The van der Waals surface area contributed by atoms with Crippen LogP contribution in [-0.4, -0.2) is 30.5 Å². The first-order chi connectivity index (χ1) is 10.3. The SMILES string of the molecule is CCOc1ccc(CC(=O)N2CCC(=C3CC3)CC2)cc1. The molecule has 0 radical (unpaired) electrons. The summed E-state index contributed by atoms with van der Waals surface area (Å²) in [6.45, 7) is 4.44. The van der Waals surface area contributed by atoms with Crippen LogP contribution in [0.15, 0.2) is 35.4 Å². The summed E-state index contributed by atoms with van der Waals surface area (Å²) >= 11 is 0. The van der Waals surface area contributed by atoms with Crippen molar-refractivity contribution in [2.24, 2.45) is 0 Å². The van der Waals surface area contributed by atoms with Gasteiger partial charge in [-0.05, 0) is 50.3 Å². The van der Waals surface area contributed by atoms with Crippen molar-refractivity contribution in [3.8, 4) is 5.75 Å². The Morgan fingerprint density at radius 2 is 1.67 bits per heavy atom. The maximum atomic E-state index is 12.3. The van der Waals surface area contributed by atoms with E-state index in [1.54, 1.807) is 11.1 Å². The normalized spacial score (nSPS) is 17.9. The third-order valence-corrected chi connectivity index (χ3v) is 4.31. The lowest BCUT2D eigenvalue weighted by atomic mass is 10.0. The summed E-state index contributed by atoms with van der Waals surface area (Å²) in [4.78, 5) is 14.4. The average molecular weight is 285 g/mol. The molecule has 3 nitrogen and oxygen atoms in total. The number of nitrogens with zero attached hydrogens (tertiary/aromatic N) is 1. The highest BCUT2D eigenvalue weighted by Crippen LogP contribution is 2.36. The smallest absolute Gasteiger partial charge is 0.227 e. The van der Waals surface area contributed by atoms with Gasteiger partial charge in [-0.3, -0.25) is 4.79 Å². The number of carbonyl (C=O) groups excluding carboxylic acids is 1. The molecule has 1 heterocycles. The van der Waals surface area contributed by atoms with Gasteiger partial charge in [0.1, 0.15) is 5.75 Å². The van der Waals surface area contributed by atoms with Gasteiger partial charge >= 0.3 is 0 Å². The average Bonchev–Trinajstić information content (AvgIpc) is 3.34. The highest BCUT2D eigenvalue weighted by atomic mass is 16.5. The molecule has 1 aromatic carbocycles. The first-order valence-electron chi connectivity index (χ1n) is 7.95. The molecular formula is C18H23NO2. The standard InChI is InChI=1S/C18H23NO2/c1-2-21-17-7-3-14(4-8-17)13-18(20)19-11-9-16(10-12-19)15-5-6-15/h3-4,7-8H,2,5-6,9-13H2,1H3. The first kappa shape index (κ1) is 14.2. The Hall–Kier alpha value is -1.77. The molecule has 1 saturated heterocycles. The van der Waals surface area contributed by atoms with E-state index >= 15 is 0 Å². The number of allylic oxidation sites excluding steroid dienone is 1. The van der Waals surface area contributed by atoms with E-state index in [9.17, 15) is 4.79 Å². The summed E-state index contributed by atoms with van der Waals surface area (Å²) < 4.78 is 5.42. The number of benzene rings is 1. The number of carbonyl (C=O) groups is 1. The molecule has 1 aromatic rings. The van der Waals surface area contributed by atoms with Crippen molar-refractivity contribution in [1.82, 2.24) is 4.90 Å². The molecule has 3 rings (SSSR count). The lowest BCUT2D eigenvalue weighted by molar-refractivity contribution is -0.130. The van der Waals surface area contributed by atoms with Gasteiger partial charge in [0.2, 0.25) is 5.91 Å². The molecule has 1 aliphatic carbocycles. The predicted molar refractivity (Wildman–Crippen MR) is 83.4 cm³/mol. The van der Waals surface area contributed by atoms with Crippen molar-refractivity contribution in [1.29, 1.82) is 0 Å². The molecule has 1 aliphatic heterocycles. The van der Waals surface area contributed by atoms with E-state index in [1.807, 2.05) is 36.1 Å². The molecule has 0 aromatic heterocycles. The minimum atomic E-state index is 0.249. The summed E-state index contributed by atoms with van der Waals surface area (Å²) in [6, 6.07) is 7.87. The van der Waals surface area contributed by atoms with E-state index in [0.717, 1.165) is 37.2 Å². The lowest BCUT2D eigenvalue weighted by Gasteiger charge is -2.28. The number of amides is 1. The summed E-state index contributed by atoms with van der Waals surface area (Å²) in [5.74, 6) is 1.12. The lowest BCUT2D eigenvalue weighted by Crippen LogP contribution is -2.37. The monoisotopic (exact) mass is 285 g/mol. The Kier molecular flexibility index (Phi) is 4.28. The molecule has 1 amide bonds. The van der Waals surface area contributed by atoms with Crippen LogP contribution in [0.25, 0.3) is 0 Å². The fourth-order valence-electron chi connectivity index (χ4n) is 2.95. The number of rotatable bonds is 4. The van der Waals surface area contributed by atoms with Crippen molar-refractivity contribution >= 4 is 5.91 Å². The molecular weight excluding hydrogens is 262 g/mol. The van der Waals surface area contributed by atoms with Gasteiger partial charge in [0, 0.05) is 13.1 Å². The van der Waals surface area contributed by atoms with E-state index in [4.69, 9.17) is 4.74 Å². The van der Waals surface area contributed by atoms with Crippen LogP contribution in [0.2, 0.25) is 0 Å². The minimum Gasteiger partial charge on any atom is -0.494 e. The Bertz CT molecular complexity index is 529. The van der Waals surface area contributed by atoms with Crippen LogP contribution in [0.4, 0.5) is 0 Å². The molecule has 0 spiro atoms. The van der Waals surface area contributed by atoms with E-state index in [2.05, 4.69) is 0 Å². The third kappa shape index (κ3) is 3.66.